The van der Waals surface area contributed by atoms with Crippen molar-refractivity contribution >= 4 is 5.91 Å². The molecule has 2 aromatic heterocycles. The molecule has 1 aliphatic rings. The van der Waals surface area contributed by atoms with Crippen LogP contribution in [-0.4, -0.2) is 32.1 Å². The van der Waals surface area contributed by atoms with Gasteiger partial charge in [-0.2, -0.15) is 5.10 Å². The van der Waals surface area contributed by atoms with Gasteiger partial charge in [0.2, 0.25) is 0 Å². The highest BCUT2D eigenvalue weighted by atomic mass is 16.4. The lowest BCUT2D eigenvalue weighted by Gasteiger charge is -2.25. The van der Waals surface area contributed by atoms with Crippen molar-refractivity contribution in [1.82, 2.24) is 19.7 Å². The molecule has 0 N–H and O–H groups in total. The fraction of sp³-hybridized carbons (Fsp3) is 0.381. The Balaban J connectivity index is 1.49. The fourth-order valence-corrected chi connectivity index (χ4v) is 3.54. The molecule has 1 aliphatic heterocycles. The maximum atomic E-state index is 13.0. The van der Waals surface area contributed by atoms with Crippen LogP contribution in [0, 0.1) is 6.92 Å². The average molecular weight is 364 g/mol. The van der Waals surface area contributed by atoms with Gasteiger partial charge in [0.05, 0.1) is 18.3 Å². The van der Waals surface area contributed by atoms with E-state index in [0.717, 1.165) is 30.1 Å². The van der Waals surface area contributed by atoms with Crippen LogP contribution >= 0.6 is 0 Å². The lowest BCUT2D eigenvalue weighted by molar-refractivity contribution is 0.0727. The van der Waals surface area contributed by atoms with E-state index in [-0.39, 0.29) is 5.91 Å². The van der Waals surface area contributed by atoms with Crippen molar-refractivity contribution in [2.45, 2.75) is 46.2 Å². The Hall–Kier alpha value is -2.89. The van der Waals surface area contributed by atoms with Crippen LogP contribution in [0.4, 0.5) is 0 Å². The van der Waals surface area contributed by atoms with E-state index in [0.29, 0.717) is 37.4 Å². The van der Waals surface area contributed by atoms with E-state index in [1.54, 1.807) is 6.20 Å². The molecule has 6 nitrogen and oxygen atoms in total. The summed E-state index contributed by atoms with van der Waals surface area (Å²) in [5, 5.41) is 4.35. The molecule has 3 heterocycles. The average Bonchev–Trinajstić information content (AvgIpc) is 3.25. The number of hydrogen-bond donors (Lipinski definition) is 0. The SMILES string of the molecule is CCCn1ncc(C(=O)N2CCc3oc(Cc4ccccc4)nc3C2)c1C. The van der Waals surface area contributed by atoms with E-state index in [1.165, 1.54) is 5.56 Å². The monoisotopic (exact) mass is 364 g/mol. The van der Waals surface area contributed by atoms with Crippen molar-refractivity contribution in [3.05, 3.63) is 70.7 Å². The molecular formula is C21H24N4O2. The van der Waals surface area contributed by atoms with Crippen LogP contribution in [0.1, 0.15) is 52.3 Å². The molecule has 3 aromatic rings. The van der Waals surface area contributed by atoms with Gasteiger partial charge in [-0.25, -0.2) is 4.98 Å². The van der Waals surface area contributed by atoms with E-state index in [2.05, 4.69) is 29.1 Å². The maximum absolute atomic E-state index is 13.0. The smallest absolute Gasteiger partial charge is 0.257 e. The number of nitrogens with zero attached hydrogens (tertiary/aromatic N) is 4. The zero-order valence-corrected chi connectivity index (χ0v) is 15.8. The largest absolute Gasteiger partial charge is 0.445 e. The number of hydrogen-bond acceptors (Lipinski definition) is 4. The van der Waals surface area contributed by atoms with Crippen molar-refractivity contribution < 1.29 is 9.21 Å². The van der Waals surface area contributed by atoms with Crippen molar-refractivity contribution in [3.63, 3.8) is 0 Å². The van der Waals surface area contributed by atoms with Gasteiger partial charge in [0.25, 0.3) is 5.91 Å². The molecule has 0 radical (unpaired) electrons. The third-order valence-corrected chi connectivity index (χ3v) is 5.03. The minimum Gasteiger partial charge on any atom is -0.445 e. The molecule has 0 saturated carbocycles. The van der Waals surface area contributed by atoms with E-state index in [4.69, 9.17) is 4.42 Å². The van der Waals surface area contributed by atoms with Crippen LogP contribution in [0.5, 0.6) is 0 Å². The summed E-state index contributed by atoms with van der Waals surface area (Å²) in [6.07, 6.45) is 4.05. The molecule has 0 fully saturated rings. The fourth-order valence-electron chi connectivity index (χ4n) is 3.54. The van der Waals surface area contributed by atoms with Crippen LogP contribution in [0.2, 0.25) is 0 Å². The quantitative estimate of drug-likeness (QED) is 0.696. The van der Waals surface area contributed by atoms with E-state index in [9.17, 15) is 4.79 Å². The van der Waals surface area contributed by atoms with Crippen LogP contribution in [-0.2, 0) is 25.9 Å². The Morgan fingerprint density at radius 2 is 2.07 bits per heavy atom. The maximum Gasteiger partial charge on any atom is 0.257 e. The van der Waals surface area contributed by atoms with Crippen LogP contribution in [0.15, 0.2) is 40.9 Å². The first kappa shape index (κ1) is 17.5. The molecule has 0 aliphatic carbocycles. The molecule has 0 atom stereocenters. The molecule has 6 heteroatoms. The summed E-state index contributed by atoms with van der Waals surface area (Å²) in [6, 6.07) is 10.2. The topological polar surface area (TPSA) is 64.2 Å². The van der Waals surface area contributed by atoms with Crippen LogP contribution < -0.4 is 0 Å². The first-order chi connectivity index (χ1) is 13.2. The lowest BCUT2D eigenvalue weighted by Crippen LogP contribution is -2.36. The van der Waals surface area contributed by atoms with Gasteiger partial charge in [-0.1, -0.05) is 37.3 Å². The summed E-state index contributed by atoms with van der Waals surface area (Å²) in [6.45, 7) is 6.02. The summed E-state index contributed by atoms with van der Waals surface area (Å²) in [5.74, 6) is 1.64. The molecular weight excluding hydrogens is 340 g/mol. The molecule has 0 bridgehead atoms. The van der Waals surface area contributed by atoms with E-state index >= 15 is 0 Å². The summed E-state index contributed by atoms with van der Waals surface area (Å²) < 4.78 is 7.84. The highest BCUT2D eigenvalue weighted by Gasteiger charge is 2.28. The molecule has 0 unspecified atom stereocenters. The Bertz CT molecular complexity index is 943. The number of aromatic nitrogens is 3. The molecule has 0 spiro atoms. The second-order valence-corrected chi connectivity index (χ2v) is 6.98. The number of rotatable bonds is 5. The highest BCUT2D eigenvalue weighted by molar-refractivity contribution is 5.95. The number of oxazole rings is 1. The van der Waals surface area contributed by atoms with Crippen LogP contribution in [0.25, 0.3) is 0 Å². The first-order valence-corrected chi connectivity index (χ1v) is 9.48. The van der Waals surface area contributed by atoms with Gasteiger partial charge in [0.1, 0.15) is 11.5 Å². The zero-order chi connectivity index (χ0) is 18.8. The van der Waals surface area contributed by atoms with Crippen molar-refractivity contribution in [1.29, 1.82) is 0 Å². The number of benzene rings is 1. The van der Waals surface area contributed by atoms with Crippen molar-refractivity contribution in [2.24, 2.45) is 0 Å². The Labute approximate surface area is 158 Å². The van der Waals surface area contributed by atoms with Gasteiger partial charge >= 0.3 is 0 Å². The minimum atomic E-state index is 0.0214. The predicted octanol–water partition coefficient (Wildman–Crippen LogP) is 3.38. The second kappa shape index (κ2) is 7.39. The predicted molar refractivity (Wildman–Crippen MR) is 101 cm³/mol. The number of aryl methyl sites for hydroxylation is 1. The molecule has 1 aromatic carbocycles. The number of carbonyl (C=O) groups excluding carboxylic acids is 1. The van der Waals surface area contributed by atoms with Crippen LogP contribution in [0.3, 0.4) is 0 Å². The number of amides is 1. The Kier molecular flexibility index (Phi) is 4.79. The summed E-state index contributed by atoms with van der Waals surface area (Å²) in [4.78, 5) is 19.5. The third kappa shape index (κ3) is 3.52. The normalized spacial score (nSPS) is 13.6. The van der Waals surface area contributed by atoms with E-state index in [1.807, 2.05) is 34.7 Å². The lowest BCUT2D eigenvalue weighted by atomic mass is 10.1. The number of fused-ring (bicyclic) bond motifs is 1. The second-order valence-electron chi connectivity index (χ2n) is 6.98. The molecule has 0 saturated heterocycles. The highest BCUT2D eigenvalue weighted by Crippen LogP contribution is 2.23. The van der Waals surface area contributed by atoms with Gasteiger partial charge < -0.3 is 9.32 Å². The van der Waals surface area contributed by atoms with Gasteiger partial charge in [-0.15, -0.1) is 0 Å². The Morgan fingerprint density at radius 3 is 2.85 bits per heavy atom. The molecule has 4 rings (SSSR count). The molecule has 1 amide bonds. The van der Waals surface area contributed by atoms with Gasteiger partial charge in [0, 0.05) is 31.6 Å². The molecule has 140 valence electrons. The minimum absolute atomic E-state index is 0.0214. The van der Waals surface area contributed by atoms with Crippen molar-refractivity contribution in [3.8, 4) is 0 Å². The standard InChI is InChI=1S/C21H24N4O2/c1-3-10-25-15(2)17(13-22-25)21(26)24-11-9-19-18(14-24)23-20(27-19)12-16-7-5-4-6-8-16/h4-8,13H,3,9-12,14H2,1-2H3. The van der Waals surface area contributed by atoms with Gasteiger partial charge in [0.15, 0.2) is 5.89 Å². The zero-order valence-electron chi connectivity index (χ0n) is 15.8. The third-order valence-electron chi connectivity index (χ3n) is 5.03. The van der Waals surface area contributed by atoms with Gasteiger partial charge in [-0.05, 0) is 18.9 Å². The Morgan fingerprint density at radius 1 is 1.26 bits per heavy atom. The summed E-state index contributed by atoms with van der Waals surface area (Å²) in [5.41, 5.74) is 3.65. The molecule has 27 heavy (non-hydrogen) atoms. The van der Waals surface area contributed by atoms with Gasteiger partial charge in [-0.3, -0.25) is 9.48 Å². The summed E-state index contributed by atoms with van der Waals surface area (Å²) >= 11 is 0. The number of carbonyl (C=O) groups is 1. The van der Waals surface area contributed by atoms with E-state index < -0.39 is 0 Å². The first-order valence-electron chi connectivity index (χ1n) is 9.48. The van der Waals surface area contributed by atoms with Crippen molar-refractivity contribution in [2.75, 3.05) is 6.54 Å². The summed E-state index contributed by atoms with van der Waals surface area (Å²) in [7, 11) is 0.